The maximum Gasteiger partial charge on any atom is 0.490 e. The Morgan fingerprint density at radius 1 is 1.12 bits per heavy atom. The van der Waals surface area contributed by atoms with E-state index in [4.69, 9.17) is 5.73 Å². The van der Waals surface area contributed by atoms with E-state index in [-0.39, 0.29) is 0 Å². The SMILES string of the molecule is Nc1ccc(C2CCCCC2)cc1B(O)O. The van der Waals surface area contributed by atoms with Crippen molar-refractivity contribution in [1.29, 1.82) is 0 Å². The number of anilines is 1. The first-order valence-electron chi connectivity index (χ1n) is 5.94. The van der Waals surface area contributed by atoms with Crippen molar-refractivity contribution in [1.82, 2.24) is 0 Å². The van der Waals surface area contributed by atoms with E-state index in [1.54, 1.807) is 6.07 Å². The van der Waals surface area contributed by atoms with Gasteiger partial charge in [-0.15, -0.1) is 0 Å². The topological polar surface area (TPSA) is 66.5 Å². The Kier molecular flexibility index (Phi) is 3.51. The van der Waals surface area contributed by atoms with Gasteiger partial charge >= 0.3 is 7.12 Å². The predicted octanol–water partition coefficient (Wildman–Crippen LogP) is 0.996. The first-order chi connectivity index (χ1) is 7.68. The zero-order valence-electron chi connectivity index (χ0n) is 9.39. The molecule has 0 heterocycles. The number of hydrogen-bond acceptors (Lipinski definition) is 3. The van der Waals surface area contributed by atoms with Crippen molar-refractivity contribution in [3.63, 3.8) is 0 Å². The van der Waals surface area contributed by atoms with Crippen LogP contribution in [0.3, 0.4) is 0 Å². The van der Waals surface area contributed by atoms with Crippen LogP contribution in [0.4, 0.5) is 5.69 Å². The van der Waals surface area contributed by atoms with Gasteiger partial charge in [0.15, 0.2) is 0 Å². The summed E-state index contributed by atoms with van der Waals surface area (Å²) in [7, 11) is -1.47. The van der Waals surface area contributed by atoms with Crippen molar-refractivity contribution in [3.8, 4) is 0 Å². The highest BCUT2D eigenvalue weighted by Gasteiger charge is 2.20. The molecule has 0 amide bonds. The highest BCUT2D eigenvalue weighted by atomic mass is 16.4. The molecule has 0 bridgehead atoms. The molecule has 0 unspecified atom stereocenters. The second kappa shape index (κ2) is 4.89. The van der Waals surface area contributed by atoms with Crippen molar-refractivity contribution in [3.05, 3.63) is 23.8 Å². The van der Waals surface area contributed by atoms with Crippen LogP contribution >= 0.6 is 0 Å². The third-order valence-electron chi connectivity index (χ3n) is 3.47. The van der Waals surface area contributed by atoms with Gasteiger partial charge in [-0.1, -0.05) is 31.4 Å². The van der Waals surface area contributed by atoms with Crippen LogP contribution in [-0.4, -0.2) is 17.2 Å². The Labute approximate surface area is 96.4 Å². The largest absolute Gasteiger partial charge is 0.490 e. The van der Waals surface area contributed by atoms with Gasteiger partial charge in [0.25, 0.3) is 0 Å². The molecule has 1 aliphatic rings. The molecule has 1 aliphatic carbocycles. The molecule has 0 atom stereocenters. The first kappa shape index (κ1) is 11.5. The summed E-state index contributed by atoms with van der Waals surface area (Å²) in [6, 6.07) is 5.63. The molecule has 3 nitrogen and oxygen atoms in total. The first-order valence-corrected chi connectivity index (χ1v) is 5.94. The average molecular weight is 219 g/mol. The van der Waals surface area contributed by atoms with Crippen LogP contribution in [0.25, 0.3) is 0 Å². The zero-order chi connectivity index (χ0) is 11.5. The fourth-order valence-electron chi connectivity index (χ4n) is 2.51. The molecule has 16 heavy (non-hydrogen) atoms. The molecule has 2 rings (SSSR count). The van der Waals surface area contributed by atoms with E-state index in [2.05, 4.69) is 0 Å². The lowest BCUT2D eigenvalue weighted by molar-refractivity contribution is 0.425. The van der Waals surface area contributed by atoms with Gasteiger partial charge in [0.05, 0.1) is 0 Å². The van der Waals surface area contributed by atoms with Crippen LogP contribution in [0.2, 0.25) is 0 Å². The molecular formula is C12H18BNO2. The minimum absolute atomic E-state index is 0.433. The predicted molar refractivity (Wildman–Crippen MR) is 66.5 cm³/mol. The third kappa shape index (κ3) is 2.39. The van der Waals surface area contributed by atoms with Gasteiger partial charge in [0.1, 0.15) is 0 Å². The van der Waals surface area contributed by atoms with Crippen molar-refractivity contribution in [2.24, 2.45) is 0 Å². The van der Waals surface area contributed by atoms with Crippen LogP contribution in [0.1, 0.15) is 43.6 Å². The molecule has 1 aromatic carbocycles. The second-order valence-corrected chi connectivity index (χ2v) is 4.60. The Morgan fingerprint density at radius 2 is 1.81 bits per heavy atom. The summed E-state index contributed by atoms with van der Waals surface area (Å²) in [5, 5.41) is 18.4. The van der Waals surface area contributed by atoms with Crippen LogP contribution in [0, 0.1) is 0 Å². The number of nitrogens with two attached hydrogens (primary N) is 1. The molecule has 0 radical (unpaired) electrons. The summed E-state index contributed by atoms with van der Waals surface area (Å²) in [6.45, 7) is 0. The molecular weight excluding hydrogens is 201 g/mol. The number of benzene rings is 1. The van der Waals surface area contributed by atoms with Gasteiger partial charge in [0, 0.05) is 11.2 Å². The minimum atomic E-state index is -1.47. The van der Waals surface area contributed by atoms with E-state index in [1.807, 2.05) is 12.1 Å². The van der Waals surface area contributed by atoms with Gasteiger partial charge in [-0.3, -0.25) is 0 Å². The van der Waals surface area contributed by atoms with E-state index in [0.29, 0.717) is 17.1 Å². The van der Waals surface area contributed by atoms with Crippen molar-refractivity contribution >= 4 is 18.3 Å². The van der Waals surface area contributed by atoms with Crippen molar-refractivity contribution < 1.29 is 10.0 Å². The van der Waals surface area contributed by atoms with E-state index < -0.39 is 7.12 Å². The summed E-state index contributed by atoms with van der Waals surface area (Å²) in [5.74, 6) is 0.562. The maximum atomic E-state index is 9.20. The summed E-state index contributed by atoms with van der Waals surface area (Å²) in [5.41, 5.74) is 7.78. The standard InChI is InChI=1S/C12H18BNO2/c14-12-7-6-10(8-11(12)13(15)16)9-4-2-1-3-5-9/h6-9,15-16H,1-5,14H2. The zero-order valence-corrected chi connectivity index (χ0v) is 9.39. The molecule has 4 N–H and O–H groups in total. The normalized spacial score (nSPS) is 17.4. The molecule has 0 aliphatic heterocycles. The lowest BCUT2D eigenvalue weighted by atomic mass is 9.75. The quantitative estimate of drug-likeness (QED) is 0.513. The van der Waals surface area contributed by atoms with Crippen molar-refractivity contribution in [2.75, 3.05) is 5.73 Å². The van der Waals surface area contributed by atoms with Crippen LogP contribution < -0.4 is 11.2 Å². The van der Waals surface area contributed by atoms with E-state index in [0.717, 1.165) is 0 Å². The minimum Gasteiger partial charge on any atom is -0.423 e. The highest BCUT2D eigenvalue weighted by molar-refractivity contribution is 6.60. The summed E-state index contributed by atoms with van der Waals surface area (Å²) in [4.78, 5) is 0. The van der Waals surface area contributed by atoms with E-state index in [1.165, 1.54) is 37.7 Å². The summed E-state index contributed by atoms with van der Waals surface area (Å²) < 4.78 is 0. The highest BCUT2D eigenvalue weighted by Crippen LogP contribution is 2.32. The molecule has 0 aromatic heterocycles. The third-order valence-corrected chi connectivity index (χ3v) is 3.47. The van der Waals surface area contributed by atoms with Crippen molar-refractivity contribution in [2.45, 2.75) is 38.0 Å². The molecule has 0 spiro atoms. The smallest absolute Gasteiger partial charge is 0.423 e. The van der Waals surface area contributed by atoms with Gasteiger partial charge in [-0.05, 0) is 30.4 Å². The van der Waals surface area contributed by atoms with Crippen LogP contribution in [0.5, 0.6) is 0 Å². The lowest BCUT2D eigenvalue weighted by Crippen LogP contribution is -2.32. The average Bonchev–Trinajstić information content (AvgIpc) is 2.30. The Bertz CT molecular complexity index is 362. The Balaban J connectivity index is 2.24. The van der Waals surface area contributed by atoms with Gasteiger partial charge in [0.2, 0.25) is 0 Å². The molecule has 86 valence electrons. The second-order valence-electron chi connectivity index (χ2n) is 4.60. The van der Waals surface area contributed by atoms with Crippen LogP contribution in [-0.2, 0) is 0 Å². The van der Waals surface area contributed by atoms with Crippen LogP contribution in [0.15, 0.2) is 18.2 Å². The Hall–Kier alpha value is -0.995. The summed E-state index contributed by atoms with van der Waals surface area (Å²) in [6.07, 6.45) is 6.26. The monoisotopic (exact) mass is 219 g/mol. The lowest BCUT2D eigenvalue weighted by Gasteiger charge is -2.22. The molecule has 1 aromatic rings. The molecule has 1 saturated carbocycles. The fourth-order valence-corrected chi connectivity index (χ4v) is 2.51. The molecule has 4 heteroatoms. The summed E-state index contributed by atoms with van der Waals surface area (Å²) >= 11 is 0. The number of rotatable bonds is 2. The maximum absolute atomic E-state index is 9.20. The van der Waals surface area contributed by atoms with Gasteiger partial charge in [-0.25, -0.2) is 0 Å². The van der Waals surface area contributed by atoms with Gasteiger partial charge in [-0.2, -0.15) is 0 Å². The fraction of sp³-hybridized carbons (Fsp3) is 0.500. The molecule has 1 fully saturated rings. The Morgan fingerprint density at radius 3 is 2.44 bits per heavy atom. The van der Waals surface area contributed by atoms with Gasteiger partial charge < -0.3 is 15.8 Å². The van der Waals surface area contributed by atoms with E-state index >= 15 is 0 Å². The van der Waals surface area contributed by atoms with E-state index in [9.17, 15) is 10.0 Å². The molecule has 0 saturated heterocycles. The number of hydrogen-bond donors (Lipinski definition) is 3. The number of nitrogen functional groups attached to an aromatic ring is 1.